The molecule has 142 valence electrons. The summed E-state index contributed by atoms with van der Waals surface area (Å²) in [5.41, 5.74) is 3.55. The number of halogens is 1. The van der Waals surface area contributed by atoms with Crippen molar-refractivity contribution >= 4 is 29.5 Å². The molecule has 3 rings (SSSR count). The maximum absolute atomic E-state index is 12.1. The molecule has 1 saturated heterocycles. The van der Waals surface area contributed by atoms with E-state index in [4.69, 9.17) is 21.1 Å². The molecule has 1 fully saturated rings. The molecular weight excluding hydrogens is 370 g/mol. The second-order valence-corrected chi connectivity index (χ2v) is 6.29. The number of ether oxygens (including phenoxy) is 2. The molecule has 0 saturated carbocycles. The Bertz CT molecular complexity index is 807. The lowest BCUT2D eigenvalue weighted by atomic mass is 10.2. The third-order valence-corrected chi connectivity index (χ3v) is 4.22. The van der Waals surface area contributed by atoms with E-state index in [9.17, 15) is 4.79 Å². The quantitative estimate of drug-likeness (QED) is 0.578. The van der Waals surface area contributed by atoms with Gasteiger partial charge in [-0.1, -0.05) is 11.6 Å². The van der Waals surface area contributed by atoms with Gasteiger partial charge in [0.05, 0.1) is 13.3 Å². The van der Waals surface area contributed by atoms with Crippen molar-refractivity contribution in [1.29, 1.82) is 0 Å². The third-order valence-electron chi connectivity index (χ3n) is 4.02. The molecule has 0 unspecified atom stereocenters. The molecule has 1 amide bonds. The number of amides is 1. The summed E-state index contributed by atoms with van der Waals surface area (Å²) in [7, 11) is 1.55. The van der Waals surface area contributed by atoms with E-state index in [0.29, 0.717) is 22.5 Å². The van der Waals surface area contributed by atoms with Gasteiger partial charge in [0.15, 0.2) is 29.1 Å². The minimum Gasteiger partial charge on any atom is -0.493 e. The van der Waals surface area contributed by atoms with Crippen molar-refractivity contribution in [2.45, 2.75) is 12.8 Å². The Morgan fingerprint density at radius 2 is 2.07 bits per heavy atom. The number of nitrogens with one attached hydrogen (secondary N) is 1. The fraction of sp³-hybridized carbons (Fsp3) is 0.333. The fourth-order valence-electron chi connectivity index (χ4n) is 2.63. The van der Waals surface area contributed by atoms with Crippen LogP contribution in [0.3, 0.4) is 0 Å². The monoisotopic (exact) mass is 389 g/mol. The van der Waals surface area contributed by atoms with Crippen LogP contribution < -0.4 is 14.9 Å². The number of hydrazone groups is 1. The van der Waals surface area contributed by atoms with E-state index in [2.05, 4.69) is 20.7 Å². The van der Waals surface area contributed by atoms with Crippen LogP contribution in [0.15, 0.2) is 35.4 Å². The van der Waals surface area contributed by atoms with Crippen LogP contribution in [0.1, 0.15) is 18.4 Å². The smallest absolute Gasteiger partial charge is 0.260 e. The number of carbonyl (C=O) groups is 1. The fourth-order valence-corrected chi connectivity index (χ4v) is 2.73. The second-order valence-electron chi connectivity index (χ2n) is 5.90. The number of benzene rings is 1. The summed E-state index contributed by atoms with van der Waals surface area (Å²) in [6.07, 6.45) is 3.72. The minimum atomic E-state index is -0.00605. The third kappa shape index (κ3) is 5.30. The van der Waals surface area contributed by atoms with Gasteiger partial charge in [-0.05, 0) is 48.7 Å². The van der Waals surface area contributed by atoms with E-state index in [-0.39, 0.29) is 12.5 Å². The molecule has 27 heavy (non-hydrogen) atoms. The Hall–Kier alpha value is -2.87. The summed E-state index contributed by atoms with van der Waals surface area (Å²) in [6.45, 7) is 1.61. The number of anilines is 1. The Labute approximate surface area is 162 Å². The first-order valence-corrected chi connectivity index (χ1v) is 8.90. The number of methoxy groups -OCH3 is 1. The van der Waals surface area contributed by atoms with E-state index in [1.165, 1.54) is 0 Å². The summed E-state index contributed by atoms with van der Waals surface area (Å²) in [5, 5.41) is 12.0. The number of aromatic nitrogens is 2. The lowest BCUT2D eigenvalue weighted by Gasteiger charge is -2.16. The van der Waals surface area contributed by atoms with Crippen LogP contribution in [0, 0.1) is 0 Å². The number of hydrogen-bond donors (Lipinski definition) is 1. The van der Waals surface area contributed by atoms with Gasteiger partial charge in [-0.25, -0.2) is 0 Å². The lowest BCUT2D eigenvalue weighted by molar-refractivity contribution is -0.132. The van der Waals surface area contributed by atoms with Crippen LogP contribution >= 0.6 is 11.6 Å². The Morgan fingerprint density at radius 3 is 2.78 bits per heavy atom. The van der Waals surface area contributed by atoms with Crippen molar-refractivity contribution in [1.82, 2.24) is 15.1 Å². The zero-order valence-electron chi connectivity index (χ0n) is 14.9. The van der Waals surface area contributed by atoms with Crippen LogP contribution in [-0.4, -0.2) is 54.0 Å². The molecule has 1 aliphatic heterocycles. The topological polar surface area (TPSA) is 88.9 Å². The summed E-state index contributed by atoms with van der Waals surface area (Å²) >= 11 is 5.68. The van der Waals surface area contributed by atoms with Gasteiger partial charge < -0.3 is 14.4 Å². The van der Waals surface area contributed by atoms with Gasteiger partial charge in [-0.2, -0.15) is 5.10 Å². The standard InChI is InChI=1S/C18H20ClN5O3/c1-26-15-10-13(11-20-22-17-7-6-16(19)21-23-17)4-5-14(15)27-12-18(25)24-8-2-3-9-24/h4-7,10-11H,2-3,8-9,12H2,1H3,(H,22,23)/b20-11-. The van der Waals surface area contributed by atoms with Gasteiger partial charge in [0, 0.05) is 13.1 Å². The maximum Gasteiger partial charge on any atom is 0.260 e. The first kappa shape index (κ1) is 18.9. The van der Waals surface area contributed by atoms with Crippen molar-refractivity contribution in [3.05, 3.63) is 41.0 Å². The zero-order chi connectivity index (χ0) is 19.1. The van der Waals surface area contributed by atoms with Crippen LogP contribution in [0.2, 0.25) is 5.15 Å². The average Bonchev–Trinajstić information content (AvgIpc) is 3.23. The van der Waals surface area contributed by atoms with Gasteiger partial charge in [-0.3, -0.25) is 10.2 Å². The van der Waals surface area contributed by atoms with Crippen molar-refractivity contribution in [2.75, 3.05) is 32.2 Å². The number of nitrogens with zero attached hydrogens (tertiary/aromatic N) is 4. The first-order chi connectivity index (χ1) is 13.2. The highest BCUT2D eigenvalue weighted by Crippen LogP contribution is 2.27. The summed E-state index contributed by atoms with van der Waals surface area (Å²) in [4.78, 5) is 13.9. The molecule has 0 spiro atoms. The number of hydrogen-bond acceptors (Lipinski definition) is 7. The Morgan fingerprint density at radius 1 is 1.26 bits per heavy atom. The number of carbonyl (C=O) groups excluding carboxylic acids is 1. The molecular formula is C18H20ClN5O3. The Balaban J connectivity index is 1.58. The van der Waals surface area contributed by atoms with Gasteiger partial charge >= 0.3 is 0 Å². The van der Waals surface area contributed by atoms with Gasteiger partial charge in [-0.15, -0.1) is 10.2 Å². The summed E-state index contributed by atoms with van der Waals surface area (Å²) in [6, 6.07) is 8.62. The minimum absolute atomic E-state index is 0.000583. The molecule has 0 atom stereocenters. The molecule has 2 heterocycles. The molecule has 1 aliphatic rings. The summed E-state index contributed by atoms with van der Waals surface area (Å²) in [5.74, 6) is 1.51. The molecule has 9 heteroatoms. The molecule has 8 nitrogen and oxygen atoms in total. The van der Waals surface area contributed by atoms with Gasteiger partial charge in [0.25, 0.3) is 5.91 Å². The molecule has 0 radical (unpaired) electrons. The lowest BCUT2D eigenvalue weighted by Crippen LogP contribution is -2.32. The molecule has 0 bridgehead atoms. The van der Waals surface area contributed by atoms with E-state index in [1.807, 2.05) is 11.0 Å². The average molecular weight is 390 g/mol. The van der Waals surface area contributed by atoms with Crippen molar-refractivity contribution in [3.8, 4) is 11.5 Å². The molecule has 2 aromatic rings. The van der Waals surface area contributed by atoms with E-state index in [0.717, 1.165) is 31.5 Å². The maximum atomic E-state index is 12.1. The van der Waals surface area contributed by atoms with E-state index in [1.54, 1.807) is 37.6 Å². The highest BCUT2D eigenvalue weighted by Gasteiger charge is 2.18. The molecule has 0 aliphatic carbocycles. The second kappa shape index (κ2) is 9.18. The van der Waals surface area contributed by atoms with Crippen LogP contribution in [0.25, 0.3) is 0 Å². The predicted molar refractivity (Wildman–Crippen MR) is 103 cm³/mol. The SMILES string of the molecule is COc1cc(/C=N\Nc2ccc(Cl)nn2)ccc1OCC(=O)N1CCCC1. The normalized spacial score (nSPS) is 13.8. The molecule has 1 aromatic heterocycles. The van der Waals surface area contributed by atoms with Gasteiger partial charge in [0.1, 0.15) is 0 Å². The summed E-state index contributed by atoms with van der Waals surface area (Å²) < 4.78 is 11.0. The zero-order valence-corrected chi connectivity index (χ0v) is 15.6. The van der Waals surface area contributed by atoms with Crippen LogP contribution in [-0.2, 0) is 4.79 Å². The molecule has 1 N–H and O–H groups in total. The largest absolute Gasteiger partial charge is 0.493 e. The van der Waals surface area contributed by atoms with Crippen LogP contribution in [0.4, 0.5) is 5.82 Å². The van der Waals surface area contributed by atoms with E-state index >= 15 is 0 Å². The van der Waals surface area contributed by atoms with E-state index < -0.39 is 0 Å². The van der Waals surface area contributed by atoms with Gasteiger partial charge in [0.2, 0.25) is 0 Å². The highest BCUT2D eigenvalue weighted by atomic mass is 35.5. The van der Waals surface area contributed by atoms with Crippen LogP contribution in [0.5, 0.6) is 11.5 Å². The highest BCUT2D eigenvalue weighted by molar-refractivity contribution is 6.29. The number of rotatable bonds is 7. The van der Waals surface area contributed by atoms with Crippen molar-refractivity contribution in [3.63, 3.8) is 0 Å². The predicted octanol–water partition coefficient (Wildman–Crippen LogP) is 2.59. The molecule has 1 aromatic carbocycles. The van der Waals surface area contributed by atoms with Crippen molar-refractivity contribution < 1.29 is 14.3 Å². The van der Waals surface area contributed by atoms with Crippen molar-refractivity contribution in [2.24, 2.45) is 5.10 Å². The first-order valence-electron chi connectivity index (χ1n) is 8.52. The number of likely N-dealkylation sites (tertiary alicyclic amines) is 1. The Kier molecular flexibility index (Phi) is 6.43.